The van der Waals surface area contributed by atoms with E-state index in [1.165, 1.54) is 37.0 Å². The number of hydrogen-bond acceptors (Lipinski definition) is 7. The fraction of sp³-hybridized carbons (Fsp3) is 0.536. The Kier molecular flexibility index (Phi) is 9.47. The number of anilines is 2. The first-order chi connectivity index (χ1) is 18.7. The summed E-state index contributed by atoms with van der Waals surface area (Å²) in [5.41, 5.74) is 0.980. The van der Waals surface area contributed by atoms with Gasteiger partial charge in [-0.1, -0.05) is 25.3 Å². The van der Waals surface area contributed by atoms with Crippen LogP contribution < -0.4 is 20.9 Å². The number of benzene rings is 1. The van der Waals surface area contributed by atoms with Crippen molar-refractivity contribution in [3.05, 3.63) is 47.1 Å². The highest BCUT2D eigenvalue weighted by Gasteiger charge is 2.34. The van der Waals surface area contributed by atoms with E-state index in [0.29, 0.717) is 29.3 Å². The average Bonchev–Trinajstić information content (AvgIpc) is 2.91. The lowest BCUT2D eigenvalue weighted by Crippen LogP contribution is -2.51. The highest BCUT2D eigenvalue weighted by Crippen LogP contribution is 2.32. The highest BCUT2D eigenvalue weighted by atomic mass is 16.4. The Morgan fingerprint density at radius 2 is 1.59 bits per heavy atom. The Bertz CT molecular complexity index is 1100. The summed E-state index contributed by atoms with van der Waals surface area (Å²) >= 11 is 0. The first kappa shape index (κ1) is 28.4. The van der Waals surface area contributed by atoms with Gasteiger partial charge in [0.15, 0.2) is 11.4 Å². The minimum Gasteiger partial charge on any atom is -0.477 e. The Labute approximate surface area is 229 Å². The van der Waals surface area contributed by atoms with E-state index < -0.39 is 11.9 Å². The standard InChI is InChI=1S/C28H40N6O5/c1-19-24(26(35)36)34(25(27(37)38)20(2)30-19)23-11-6-8-21(18-23)31-28(39)29-12-7-13-32-14-16-33(17-15-32)22-9-4-3-5-10-22/h6,8,11,18,22,30H,3-5,7,9-10,12-17H2,1-2H3,(H,35,36)(H,37,38)(H2,29,31,39). The molecule has 1 saturated carbocycles. The molecule has 2 heterocycles. The first-order valence-electron chi connectivity index (χ1n) is 13.8. The van der Waals surface area contributed by atoms with E-state index in [9.17, 15) is 24.6 Å². The summed E-state index contributed by atoms with van der Waals surface area (Å²) < 4.78 is 0. The maximum Gasteiger partial charge on any atom is 0.354 e. The molecule has 2 fully saturated rings. The van der Waals surface area contributed by atoms with Crippen LogP contribution in [-0.4, -0.2) is 83.3 Å². The van der Waals surface area contributed by atoms with Crippen molar-refractivity contribution in [2.45, 2.75) is 58.4 Å². The smallest absolute Gasteiger partial charge is 0.354 e. The highest BCUT2D eigenvalue weighted by molar-refractivity contribution is 6.02. The third-order valence-electron chi connectivity index (χ3n) is 7.73. The van der Waals surface area contributed by atoms with Gasteiger partial charge in [0.2, 0.25) is 0 Å². The van der Waals surface area contributed by atoms with Crippen LogP contribution in [0.1, 0.15) is 52.4 Å². The van der Waals surface area contributed by atoms with E-state index in [-0.39, 0.29) is 17.4 Å². The number of urea groups is 1. The maximum atomic E-state index is 12.5. The second-order valence-corrected chi connectivity index (χ2v) is 10.5. The second kappa shape index (κ2) is 13.0. The number of hydrogen-bond donors (Lipinski definition) is 5. The zero-order valence-electron chi connectivity index (χ0n) is 22.8. The van der Waals surface area contributed by atoms with Crippen molar-refractivity contribution < 1.29 is 24.6 Å². The van der Waals surface area contributed by atoms with Crippen LogP contribution in [0, 0.1) is 0 Å². The van der Waals surface area contributed by atoms with Gasteiger partial charge in [-0.3, -0.25) is 9.80 Å². The van der Waals surface area contributed by atoms with Crippen molar-refractivity contribution in [2.24, 2.45) is 0 Å². The van der Waals surface area contributed by atoms with Crippen LogP contribution in [0.15, 0.2) is 47.1 Å². The van der Waals surface area contributed by atoms with Gasteiger partial charge < -0.3 is 31.1 Å². The molecule has 0 atom stereocenters. The van der Waals surface area contributed by atoms with Gasteiger partial charge in [0.25, 0.3) is 0 Å². The number of piperazine rings is 1. The molecule has 3 aliphatic rings. The van der Waals surface area contributed by atoms with Crippen LogP contribution in [0.3, 0.4) is 0 Å². The number of nitrogens with zero attached hydrogens (tertiary/aromatic N) is 3. The summed E-state index contributed by atoms with van der Waals surface area (Å²) in [5, 5.41) is 28.1. The molecule has 2 aliphatic heterocycles. The Balaban J connectivity index is 1.28. The fourth-order valence-corrected chi connectivity index (χ4v) is 5.82. The Morgan fingerprint density at radius 1 is 0.949 bits per heavy atom. The van der Waals surface area contributed by atoms with E-state index >= 15 is 0 Å². The summed E-state index contributed by atoms with van der Waals surface area (Å²) in [6, 6.07) is 6.87. The Hall–Kier alpha value is -3.57. The summed E-state index contributed by atoms with van der Waals surface area (Å²) in [6.45, 7) is 9.00. The molecule has 1 saturated heterocycles. The number of rotatable bonds is 9. The molecular formula is C28H40N6O5. The molecule has 1 aromatic carbocycles. The minimum absolute atomic E-state index is 0.195. The lowest BCUT2D eigenvalue weighted by molar-refractivity contribution is -0.133. The number of nitrogens with one attached hydrogen (secondary N) is 3. The molecular weight excluding hydrogens is 500 g/mol. The average molecular weight is 541 g/mol. The lowest BCUT2D eigenvalue weighted by Gasteiger charge is -2.40. The summed E-state index contributed by atoms with van der Waals surface area (Å²) in [6.07, 6.45) is 7.62. The molecule has 11 nitrogen and oxygen atoms in total. The molecule has 0 aromatic heterocycles. The van der Waals surface area contributed by atoms with Gasteiger partial charge in [-0.05, 0) is 57.9 Å². The van der Waals surface area contributed by atoms with Gasteiger partial charge in [0.1, 0.15) is 0 Å². The predicted octanol–water partition coefficient (Wildman–Crippen LogP) is 3.19. The van der Waals surface area contributed by atoms with Crippen LogP contribution >= 0.6 is 0 Å². The number of carboxylic acids is 2. The van der Waals surface area contributed by atoms with Gasteiger partial charge in [0, 0.05) is 61.5 Å². The van der Waals surface area contributed by atoms with E-state index in [4.69, 9.17) is 0 Å². The number of carboxylic acid groups (broad SMARTS) is 2. The largest absolute Gasteiger partial charge is 0.477 e. The van der Waals surface area contributed by atoms with Gasteiger partial charge in [0.05, 0.1) is 0 Å². The molecule has 4 rings (SSSR count). The van der Waals surface area contributed by atoms with Crippen LogP contribution in [0.25, 0.3) is 0 Å². The predicted molar refractivity (Wildman–Crippen MR) is 149 cm³/mol. The monoisotopic (exact) mass is 540 g/mol. The van der Waals surface area contributed by atoms with E-state index in [2.05, 4.69) is 25.8 Å². The quantitative estimate of drug-likeness (QED) is 0.299. The zero-order chi connectivity index (χ0) is 27.9. The summed E-state index contributed by atoms with van der Waals surface area (Å²) in [4.78, 5) is 42.8. The number of carbonyl (C=O) groups is 3. The molecule has 2 amide bonds. The van der Waals surface area contributed by atoms with Gasteiger partial charge in [-0.2, -0.15) is 0 Å². The van der Waals surface area contributed by atoms with Crippen LogP contribution in [0.4, 0.5) is 16.2 Å². The van der Waals surface area contributed by atoms with E-state index in [0.717, 1.165) is 45.2 Å². The van der Waals surface area contributed by atoms with Gasteiger partial charge in [-0.15, -0.1) is 0 Å². The Morgan fingerprint density at radius 3 is 2.21 bits per heavy atom. The molecule has 39 heavy (non-hydrogen) atoms. The SMILES string of the molecule is CC1=C(C(=O)O)N(c2cccc(NC(=O)NCCCN3CCN(C4CCCCC4)CC3)c2)C(C(=O)O)=C(C)N1. The van der Waals surface area contributed by atoms with Gasteiger partial charge in [-0.25, -0.2) is 14.4 Å². The molecule has 0 radical (unpaired) electrons. The molecule has 0 spiro atoms. The normalized spacial score (nSPS) is 19.6. The maximum absolute atomic E-state index is 12.5. The summed E-state index contributed by atoms with van der Waals surface area (Å²) in [5.74, 6) is -2.53. The fourth-order valence-electron chi connectivity index (χ4n) is 5.82. The number of allylic oxidation sites excluding steroid dienone is 2. The minimum atomic E-state index is -1.27. The third-order valence-corrected chi connectivity index (χ3v) is 7.73. The van der Waals surface area contributed by atoms with Crippen molar-refractivity contribution in [2.75, 3.05) is 49.5 Å². The van der Waals surface area contributed by atoms with Crippen molar-refractivity contribution in [1.82, 2.24) is 20.4 Å². The molecule has 1 aromatic rings. The van der Waals surface area contributed by atoms with Gasteiger partial charge >= 0.3 is 18.0 Å². The van der Waals surface area contributed by atoms with Crippen molar-refractivity contribution in [1.29, 1.82) is 0 Å². The second-order valence-electron chi connectivity index (χ2n) is 10.5. The molecule has 212 valence electrons. The lowest BCUT2D eigenvalue weighted by atomic mass is 9.94. The van der Waals surface area contributed by atoms with E-state index in [1.54, 1.807) is 38.1 Å². The van der Waals surface area contributed by atoms with Crippen molar-refractivity contribution in [3.63, 3.8) is 0 Å². The number of amides is 2. The van der Waals surface area contributed by atoms with Crippen molar-refractivity contribution in [3.8, 4) is 0 Å². The molecule has 0 bridgehead atoms. The van der Waals surface area contributed by atoms with Crippen LogP contribution in [0.2, 0.25) is 0 Å². The first-order valence-corrected chi connectivity index (χ1v) is 13.8. The third kappa shape index (κ3) is 7.10. The molecule has 11 heteroatoms. The topological polar surface area (TPSA) is 137 Å². The van der Waals surface area contributed by atoms with E-state index in [1.807, 2.05) is 0 Å². The number of aliphatic carboxylic acids is 2. The van der Waals surface area contributed by atoms with Crippen LogP contribution in [0.5, 0.6) is 0 Å². The molecule has 5 N–H and O–H groups in total. The summed E-state index contributed by atoms with van der Waals surface area (Å²) in [7, 11) is 0. The molecule has 1 aliphatic carbocycles. The number of carbonyl (C=O) groups excluding carboxylic acids is 1. The zero-order valence-corrected chi connectivity index (χ0v) is 22.8. The van der Waals surface area contributed by atoms with Crippen molar-refractivity contribution >= 4 is 29.3 Å². The van der Waals surface area contributed by atoms with Crippen LogP contribution in [-0.2, 0) is 9.59 Å². The molecule has 0 unspecified atom stereocenters.